The number of sulfonamides is 1. The summed E-state index contributed by atoms with van der Waals surface area (Å²) in [5, 5.41) is 4.11. The second-order valence-corrected chi connectivity index (χ2v) is 9.27. The largest absolute Gasteiger partial charge is 0.361 e. The van der Waals surface area contributed by atoms with Crippen LogP contribution in [0.3, 0.4) is 0 Å². The molecule has 2 aromatic carbocycles. The minimum Gasteiger partial charge on any atom is -0.361 e. The van der Waals surface area contributed by atoms with Gasteiger partial charge in [0.25, 0.3) is 0 Å². The van der Waals surface area contributed by atoms with Gasteiger partial charge in [0.1, 0.15) is 0 Å². The number of rotatable bonds is 9. The molecule has 156 valence electrons. The number of hydrogen-bond acceptors (Lipinski definition) is 3. The fourth-order valence-corrected chi connectivity index (χ4v) is 4.61. The minimum absolute atomic E-state index is 0.0780. The highest BCUT2D eigenvalue weighted by atomic mass is 32.2. The third-order valence-corrected chi connectivity index (χ3v) is 6.65. The molecule has 0 atom stereocenters. The molecule has 1 fully saturated rings. The first-order valence-corrected chi connectivity index (χ1v) is 11.6. The Hall–Kier alpha value is -2.90. The molecule has 0 unspecified atom stereocenters. The zero-order valence-corrected chi connectivity index (χ0v) is 17.4. The van der Waals surface area contributed by atoms with Gasteiger partial charge in [-0.05, 0) is 61.1 Å². The summed E-state index contributed by atoms with van der Waals surface area (Å²) in [5.74, 6) is -0.166. The quantitative estimate of drug-likeness (QED) is 0.364. The molecular weight excluding hydrogens is 398 g/mol. The van der Waals surface area contributed by atoms with E-state index in [4.69, 9.17) is 0 Å². The highest BCUT2D eigenvalue weighted by Gasteiger charge is 2.27. The summed E-state index contributed by atoms with van der Waals surface area (Å²) in [7, 11) is -3.45. The number of fused-ring (bicyclic) bond motifs is 1. The molecule has 0 spiro atoms. The Labute approximate surface area is 176 Å². The number of aromatic nitrogens is 1. The number of aromatic amines is 1. The van der Waals surface area contributed by atoms with Crippen LogP contribution in [0.25, 0.3) is 17.0 Å². The second-order valence-electron chi connectivity index (χ2n) is 7.55. The highest BCUT2D eigenvalue weighted by molar-refractivity contribution is 7.89. The van der Waals surface area contributed by atoms with E-state index < -0.39 is 10.0 Å². The van der Waals surface area contributed by atoms with Crippen LogP contribution in [-0.4, -0.2) is 31.9 Å². The molecule has 7 heteroatoms. The maximum atomic E-state index is 12.2. The first kappa shape index (κ1) is 20.4. The van der Waals surface area contributed by atoms with Crippen molar-refractivity contribution in [1.29, 1.82) is 0 Å². The average Bonchev–Trinajstić information content (AvgIpc) is 3.46. The maximum Gasteiger partial charge on any atom is 0.243 e. The van der Waals surface area contributed by atoms with E-state index in [-0.39, 0.29) is 16.8 Å². The SMILES string of the molecule is O=C(C=Cc1ccc(S(=O)(=O)NC2CC2)cc1)NCCCc1c[nH]c2ccccc12. The first-order chi connectivity index (χ1) is 14.5. The van der Waals surface area contributed by atoms with Crippen molar-refractivity contribution in [2.75, 3.05) is 6.54 Å². The Balaban J connectivity index is 1.23. The van der Waals surface area contributed by atoms with Gasteiger partial charge in [0, 0.05) is 35.8 Å². The Morgan fingerprint density at radius 2 is 1.87 bits per heavy atom. The number of amides is 1. The molecule has 3 aromatic rings. The van der Waals surface area contributed by atoms with Gasteiger partial charge in [-0.2, -0.15) is 0 Å². The zero-order chi connectivity index (χ0) is 21.0. The van der Waals surface area contributed by atoms with Crippen molar-refractivity contribution < 1.29 is 13.2 Å². The molecule has 1 aliphatic rings. The second kappa shape index (κ2) is 8.85. The zero-order valence-electron chi connectivity index (χ0n) is 16.6. The van der Waals surface area contributed by atoms with Gasteiger partial charge in [0.05, 0.1) is 4.90 Å². The first-order valence-electron chi connectivity index (χ1n) is 10.1. The van der Waals surface area contributed by atoms with Gasteiger partial charge in [-0.25, -0.2) is 13.1 Å². The normalized spacial score (nSPS) is 14.4. The van der Waals surface area contributed by atoms with Crippen LogP contribution in [0.4, 0.5) is 0 Å². The number of benzene rings is 2. The number of aryl methyl sites for hydroxylation is 1. The smallest absolute Gasteiger partial charge is 0.243 e. The van der Waals surface area contributed by atoms with Gasteiger partial charge < -0.3 is 10.3 Å². The number of nitrogens with one attached hydrogen (secondary N) is 3. The van der Waals surface area contributed by atoms with Gasteiger partial charge in [-0.15, -0.1) is 0 Å². The van der Waals surface area contributed by atoms with Crippen LogP contribution >= 0.6 is 0 Å². The van der Waals surface area contributed by atoms with E-state index >= 15 is 0 Å². The molecule has 0 radical (unpaired) electrons. The van der Waals surface area contributed by atoms with Crippen LogP contribution in [-0.2, 0) is 21.2 Å². The van der Waals surface area contributed by atoms with E-state index in [9.17, 15) is 13.2 Å². The lowest BCUT2D eigenvalue weighted by Crippen LogP contribution is -2.25. The van der Waals surface area contributed by atoms with Gasteiger partial charge in [-0.3, -0.25) is 4.79 Å². The van der Waals surface area contributed by atoms with Gasteiger partial charge in [-0.1, -0.05) is 30.3 Å². The van der Waals surface area contributed by atoms with Crippen molar-refractivity contribution in [2.45, 2.75) is 36.6 Å². The van der Waals surface area contributed by atoms with Crippen molar-refractivity contribution in [2.24, 2.45) is 0 Å². The third kappa shape index (κ3) is 5.17. The fourth-order valence-electron chi connectivity index (χ4n) is 3.31. The van der Waals surface area contributed by atoms with E-state index in [0.29, 0.717) is 6.54 Å². The van der Waals surface area contributed by atoms with Crippen LogP contribution in [0.1, 0.15) is 30.4 Å². The third-order valence-electron chi connectivity index (χ3n) is 5.11. The number of hydrogen-bond donors (Lipinski definition) is 3. The minimum atomic E-state index is -3.45. The number of carbonyl (C=O) groups excluding carboxylic acids is 1. The average molecular weight is 424 g/mol. The van der Waals surface area contributed by atoms with E-state index in [1.807, 2.05) is 18.3 Å². The van der Waals surface area contributed by atoms with Crippen LogP contribution in [0.5, 0.6) is 0 Å². The van der Waals surface area contributed by atoms with Crippen LogP contribution in [0, 0.1) is 0 Å². The van der Waals surface area contributed by atoms with Crippen molar-refractivity contribution in [3.05, 3.63) is 71.9 Å². The Bertz CT molecular complexity index is 1160. The number of H-pyrrole nitrogens is 1. The van der Waals surface area contributed by atoms with Gasteiger partial charge >= 0.3 is 0 Å². The molecule has 0 bridgehead atoms. The molecule has 4 rings (SSSR count). The summed E-state index contributed by atoms with van der Waals surface area (Å²) in [5.41, 5.74) is 3.15. The molecule has 1 aliphatic carbocycles. The molecule has 1 amide bonds. The monoisotopic (exact) mass is 423 g/mol. The summed E-state index contributed by atoms with van der Waals surface area (Å²) in [6.07, 6.45) is 8.71. The Kier molecular flexibility index (Phi) is 6.01. The summed E-state index contributed by atoms with van der Waals surface area (Å²) >= 11 is 0. The van der Waals surface area contributed by atoms with E-state index in [1.54, 1.807) is 30.3 Å². The van der Waals surface area contributed by atoms with Crippen LogP contribution in [0.15, 0.2) is 65.7 Å². The predicted octanol–water partition coefficient (Wildman–Crippen LogP) is 3.37. The number of para-hydroxylation sites is 1. The van der Waals surface area contributed by atoms with Crippen LogP contribution < -0.4 is 10.0 Å². The summed E-state index contributed by atoms with van der Waals surface area (Å²) in [6, 6.07) is 14.8. The highest BCUT2D eigenvalue weighted by Crippen LogP contribution is 2.22. The molecular formula is C23H25N3O3S. The van der Waals surface area contributed by atoms with Crippen LogP contribution in [0.2, 0.25) is 0 Å². The van der Waals surface area contributed by atoms with E-state index in [1.165, 1.54) is 17.0 Å². The molecule has 0 saturated heterocycles. The summed E-state index contributed by atoms with van der Waals surface area (Å²) in [6.45, 7) is 0.590. The summed E-state index contributed by atoms with van der Waals surface area (Å²) < 4.78 is 27.0. The molecule has 6 nitrogen and oxygen atoms in total. The lowest BCUT2D eigenvalue weighted by atomic mass is 10.1. The Morgan fingerprint density at radius 3 is 2.63 bits per heavy atom. The molecule has 0 aliphatic heterocycles. The van der Waals surface area contributed by atoms with E-state index in [0.717, 1.165) is 36.8 Å². The standard InChI is InChI=1S/C23H25N3O3S/c27-23(24-15-3-4-18-16-25-22-6-2-1-5-21(18)22)14-9-17-7-12-20(13-8-17)30(28,29)26-19-10-11-19/h1-2,5-9,12-14,16,19,25-26H,3-4,10-11,15H2,(H,24,27). The van der Waals surface area contributed by atoms with Crippen molar-refractivity contribution in [3.8, 4) is 0 Å². The number of carbonyl (C=O) groups is 1. The lowest BCUT2D eigenvalue weighted by Gasteiger charge is -2.05. The molecule has 3 N–H and O–H groups in total. The lowest BCUT2D eigenvalue weighted by molar-refractivity contribution is -0.116. The van der Waals surface area contributed by atoms with Crippen molar-refractivity contribution in [1.82, 2.24) is 15.0 Å². The molecule has 1 heterocycles. The van der Waals surface area contributed by atoms with Crippen molar-refractivity contribution >= 4 is 32.9 Å². The molecule has 30 heavy (non-hydrogen) atoms. The van der Waals surface area contributed by atoms with Gasteiger partial charge in [0.2, 0.25) is 15.9 Å². The fraction of sp³-hybridized carbons (Fsp3) is 0.261. The predicted molar refractivity (Wildman–Crippen MR) is 118 cm³/mol. The molecule has 1 aromatic heterocycles. The topological polar surface area (TPSA) is 91.1 Å². The van der Waals surface area contributed by atoms with Gasteiger partial charge in [0.15, 0.2) is 0 Å². The van der Waals surface area contributed by atoms with Crippen molar-refractivity contribution in [3.63, 3.8) is 0 Å². The van der Waals surface area contributed by atoms with E-state index in [2.05, 4.69) is 27.2 Å². The maximum absolute atomic E-state index is 12.2. The summed E-state index contributed by atoms with van der Waals surface area (Å²) in [4.78, 5) is 15.5. The Morgan fingerprint density at radius 1 is 1.10 bits per heavy atom. The molecule has 1 saturated carbocycles.